The summed E-state index contributed by atoms with van der Waals surface area (Å²) in [6.07, 6.45) is 3.97. The van der Waals surface area contributed by atoms with Gasteiger partial charge in [0.25, 0.3) is 0 Å². The zero-order valence-corrected chi connectivity index (χ0v) is 14.0. The van der Waals surface area contributed by atoms with Crippen LogP contribution in [0.25, 0.3) is 10.9 Å². The molecule has 23 heavy (non-hydrogen) atoms. The fraction of sp³-hybridized carbons (Fsp3) is 0.167. The number of thioether (sulfide) groups is 1. The highest BCUT2D eigenvalue weighted by atomic mass is 32.2. The summed E-state index contributed by atoms with van der Waals surface area (Å²) in [6, 6.07) is 15.6. The molecular formula is C18H19N3OS. The van der Waals surface area contributed by atoms with Gasteiger partial charge in [-0.15, -0.1) is 11.8 Å². The predicted molar refractivity (Wildman–Crippen MR) is 98.5 cm³/mol. The lowest BCUT2D eigenvalue weighted by atomic mass is 10.2. The highest BCUT2D eigenvalue weighted by Crippen LogP contribution is 2.27. The maximum atomic E-state index is 12.4. The Balaban J connectivity index is 1.83. The molecule has 0 atom stereocenters. The van der Waals surface area contributed by atoms with Crippen LogP contribution in [-0.2, 0) is 6.54 Å². The number of hydrogen-bond donors (Lipinski definition) is 2. The summed E-state index contributed by atoms with van der Waals surface area (Å²) < 4.78 is 2.13. The molecule has 0 saturated heterocycles. The Labute approximate surface area is 139 Å². The second kappa shape index (κ2) is 6.79. The maximum Gasteiger partial charge on any atom is 0.323 e. The average Bonchev–Trinajstić information content (AvgIpc) is 2.93. The molecule has 1 heterocycles. The van der Waals surface area contributed by atoms with Crippen LogP contribution >= 0.6 is 11.8 Å². The van der Waals surface area contributed by atoms with Gasteiger partial charge >= 0.3 is 6.03 Å². The van der Waals surface area contributed by atoms with E-state index >= 15 is 0 Å². The van der Waals surface area contributed by atoms with Gasteiger partial charge in [0.05, 0.1) is 16.9 Å². The Morgan fingerprint density at radius 2 is 1.74 bits per heavy atom. The Morgan fingerprint density at radius 3 is 2.52 bits per heavy atom. The summed E-state index contributed by atoms with van der Waals surface area (Å²) in [5, 5.41) is 6.93. The number of para-hydroxylation sites is 2. The molecule has 0 aliphatic heterocycles. The Kier molecular flexibility index (Phi) is 4.57. The summed E-state index contributed by atoms with van der Waals surface area (Å²) >= 11 is 1.61. The third-order valence-electron chi connectivity index (χ3n) is 3.73. The monoisotopic (exact) mass is 325 g/mol. The van der Waals surface area contributed by atoms with Gasteiger partial charge in [-0.1, -0.05) is 30.3 Å². The van der Waals surface area contributed by atoms with E-state index in [0.29, 0.717) is 0 Å². The lowest BCUT2D eigenvalue weighted by Gasteiger charge is -2.10. The van der Waals surface area contributed by atoms with E-state index in [4.69, 9.17) is 0 Å². The van der Waals surface area contributed by atoms with Crippen LogP contribution in [0.3, 0.4) is 0 Å². The molecule has 2 aromatic carbocycles. The average molecular weight is 325 g/mol. The number of nitrogens with one attached hydrogen (secondary N) is 2. The van der Waals surface area contributed by atoms with Crippen molar-refractivity contribution in [2.45, 2.75) is 18.4 Å². The molecule has 2 N–H and O–H groups in total. The number of fused-ring (bicyclic) bond motifs is 1. The fourth-order valence-electron chi connectivity index (χ4n) is 2.63. The van der Waals surface area contributed by atoms with Crippen LogP contribution < -0.4 is 10.6 Å². The molecule has 0 spiro atoms. The third kappa shape index (κ3) is 3.19. The molecule has 4 nitrogen and oxygen atoms in total. The topological polar surface area (TPSA) is 46.1 Å². The van der Waals surface area contributed by atoms with E-state index in [0.717, 1.165) is 33.7 Å². The van der Waals surface area contributed by atoms with Gasteiger partial charge < -0.3 is 15.2 Å². The summed E-state index contributed by atoms with van der Waals surface area (Å²) in [7, 11) is 0. The number of carbonyl (C=O) groups excluding carboxylic acids is 1. The van der Waals surface area contributed by atoms with Gasteiger partial charge in [0.15, 0.2) is 0 Å². The smallest absolute Gasteiger partial charge is 0.323 e. The molecule has 0 unspecified atom stereocenters. The number of anilines is 2. The van der Waals surface area contributed by atoms with Gasteiger partial charge in [-0.25, -0.2) is 4.79 Å². The van der Waals surface area contributed by atoms with Crippen LogP contribution in [0, 0.1) is 0 Å². The van der Waals surface area contributed by atoms with Crippen molar-refractivity contribution in [1.29, 1.82) is 0 Å². The van der Waals surface area contributed by atoms with E-state index in [9.17, 15) is 4.79 Å². The minimum Gasteiger partial charge on any atom is -0.346 e. The Morgan fingerprint density at radius 1 is 1.04 bits per heavy atom. The number of urea groups is 1. The highest BCUT2D eigenvalue weighted by molar-refractivity contribution is 7.98. The molecule has 5 heteroatoms. The first kappa shape index (κ1) is 15.5. The predicted octanol–water partition coefficient (Wildman–Crippen LogP) is 5.03. The lowest BCUT2D eigenvalue weighted by Crippen LogP contribution is -2.19. The van der Waals surface area contributed by atoms with Crippen molar-refractivity contribution in [3.63, 3.8) is 0 Å². The normalized spacial score (nSPS) is 10.7. The van der Waals surface area contributed by atoms with Crippen molar-refractivity contribution in [3.05, 3.63) is 54.7 Å². The third-order valence-corrected chi connectivity index (χ3v) is 4.53. The highest BCUT2D eigenvalue weighted by Gasteiger charge is 2.11. The molecule has 0 bridgehead atoms. The Hall–Kier alpha value is -2.40. The summed E-state index contributed by atoms with van der Waals surface area (Å²) in [6.45, 7) is 2.95. The zero-order chi connectivity index (χ0) is 16.2. The van der Waals surface area contributed by atoms with Crippen molar-refractivity contribution in [3.8, 4) is 0 Å². The second-order valence-electron chi connectivity index (χ2n) is 5.13. The molecule has 0 fully saturated rings. The summed E-state index contributed by atoms with van der Waals surface area (Å²) in [5.74, 6) is 0. The molecule has 0 aliphatic carbocycles. The van der Waals surface area contributed by atoms with E-state index < -0.39 is 0 Å². The van der Waals surface area contributed by atoms with Crippen molar-refractivity contribution >= 4 is 40.1 Å². The van der Waals surface area contributed by atoms with E-state index in [1.807, 2.05) is 54.9 Å². The van der Waals surface area contributed by atoms with Gasteiger partial charge in [0.2, 0.25) is 0 Å². The van der Waals surface area contributed by atoms with E-state index in [1.165, 1.54) is 0 Å². The van der Waals surface area contributed by atoms with Gasteiger partial charge in [-0.2, -0.15) is 0 Å². The zero-order valence-electron chi connectivity index (χ0n) is 13.2. The molecule has 3 rings (SSSR count). The minimum atomic E-state index is -0.231. The number of nitrogens with zero attached hydrogens (tertiary/aromatic N) is 1. The van der Waals surface area contributed by atoms with Crippen LogP contribution in [0.1, 0.15) is 6.92 Å². The number of benzene rings is 2. The SMILES string of the molecule is CCn1cc(NC(=O)Nc2ccccc2SC)c2ccccc21. The number of hydrogen-bond acceptors (Lipinski definition) is 2. The second-order valence-corrected chi connectivity index (χ2v) is 5.97. The van der Waals surface area contributed by atoms with Crippen LogP contribution in [-0.4, -0.2) is 16.9 Å². The molecule has 3 aromatic rings. The first-order chi connectivity index (χ1) is 11.2. The number of carbonyl (C=O) groups is 1. The van der Waals surface area contributed by atoms with E-state index in [2.05, 4.69) is 28.2 Å². The largest absolute Gasteiger partial charge is 0.346 e. The molecule has 2 amide bonds. The molecule has 0 aliphatic rings. The molecule has 0 radical (unpaired) electrons. The fourth-order valence-corrected chi connectivity index (χ4v) is 3.19. The summed E-state index contributed by atoms with van der Waals surface area (Å²) in [5.41, 5.74) is 2.76. The lowest BCUT2D eigenvalue weighted by molar-refractivity contribution is 0.262. The van der Waals surface area contributed by atoms with Gasteiger partial charge in [0.1, 0.15) is 0 Å². The van der Waals surface area contributed by atoms with E-state index in [1.54, 1.807) is 11.8 Å². The first-order valence-electron chi connectivity index (χ1n) is 7.52. The van der Waals surface area contributed by atoms with Crippen molar-refractivity contribution in [2.24, 2.45) is 0 Å². The van der Waals surface area contributed by atoms with Gasteiger partial charge in [0, 0.05) is 23.0 Å². The van der Waals surface area contributed by atoms with Gasteiger partial charge in [-0.05, 0) is 31.4 Å². The number of aryl methyl sites for hydroxylation is 1. The standard InChI is InChI=1S/C18H19N3OS/c1-3-21-12-15(13-8-4-6-10-16(13)21)20-18(22)19-14-9-5-7-11-17(14)23-2/h4-12H,3H2,1-2H3,(H2,19,20,22). The number of aromatic nitrogens is 1. The van der Waals surface area contributed by atoms with Crippen molar-refractivity contribution in [2.75, 3.05) is 16.9 Å². The van der Waals surface area contributed by atoms with E-state index in [-0.39, 0.29) is 6.03 Å². The molecular weight excluding hydrogens is 306 g/mol. The Bertz CT molecular complexity index is 841. The quantitative estimate of drug-likeness (QED) is 0.661. The van der Waals surface area contributed by atoms with Crippen LogP contribution in [0.2, 0.25) is 0 Å². The first-order valence-corrected chi connectivity index (χ1v) is 8.74. The van der Waals surface area contributed by atoms with Crippen molar-refractivity contribution in [1.82, 2.24) is 4.57 Å². The molecule has 0 saturated carbocycles. The maximum absolute atomic E-state index is 12.4. The van der Waals surface area contributed by atoms with Crippen molar-refractivity contribution < 1.29 is 4.79 Å². The van der Waals surface area contributed by atoms with Gasteiger partial charge in [-0.3, -0.25) is 0 Å². The van der Waals surface area contributed by atoms with Crippen LogP contribution in [0.5, 0.6) is 0 Å². The molecule has 1 aromatic heterocycles. The van der Waals surface area contributed by atoms with Crippen LogP contribution in [0.15, 0.2) is 59.6 Å². The van der Waals surface area contributed by atoms with Crippen LogP contribution in [0.4, 0.5) is 16.2 Å². The number of amides is 2. The minimum absolute atomic E-state index is 0.231. The number of rotatable bonds is 4. The summed E-state index contributed by atoms with van der Waals surface area (Å²) in [4.78, 5) is 13.4. The molecule has 118 valence electrons.